The van der Waals surface area contributed by atoms with Crippen LogP contribution in [0.4, 0.5) is 5.69 Å². The number of aryl methyl sites for hydroxylation is 1. The first-order valence-corrected chi connectivity index (χ1v) is 10.3. The highest BCUT2D eigenvalue weighted by molar-refractivity contribution is 6.10. The normalized spacial score (nSPS) is 11.0. The van der Waals surface area contributed by atoms with E-state index in [1.165, 1.54) is 17.6 Å². The van der Waals surface area contributed by atoms with E-state index in [-0.39, 0.29) is 17.0 Å². The van der Waals surface area contributed by atoms with Gasteiger partial charge in [-0.15, -0.1) is 0 Å². The number of pyridine rings is 1. The predicted molar refractivity (Wildman–Crippen MR) is 128 cm³/mol. The van der Waals surface area contributed by atoms with Gasteiger partial charge < -0.3 is 14.8 Å². The largest absolute Gasteiger partial charge is 0.495 e. The lowest BCUT2D eigenvalue weighted by Crippen LogP contribution is -2.20. The number of fused-ring (bicyclic) bond motifs is 1. The third-order valence-electron chi connectivity index (χ3n) is 4.98. The molecule has 2 heterocycles. The summed E-state index contributed by atoms with van der Waals surface area (Å²) in [6.07, 6.45) is 2.74. The number of hydrogen-bond acceptors (Lipinski definition) is 6. The molecule has 0 unspecified atom stereocenters. The Bertz CT molecular complexity index is 1500. The van der Waals surface area contributed by atoms with Crippen molar-refractivity contribution in [1.82, 2.24) is 9.38 Å². The van der Waals surface area contributed by atoms with Crippen molar-refractivity contribution in [2.24, 2.45) is 0 Å². The molecule has 4 aromatic rings. The van der Waals surface area contributed by atoms with Crippen LogP contribution < -0.4 is 20.3 Å². The van der Waals surface area contributed by atoms with Crippen molar-refractivity contribution < 1.29 is 14.3 Å². The van der Waals surface area contributed by atoms with Crippen molar-refractivity contribution >= 4 is 23.3 Å². The Kier molecular flexibility index (Phi) is 6.37. The molecule has 0 atom stereocenters. The molecule has 168 valence electrons. The number of carbonyl (C=O) groups is 1. The zero-order valence-corrected chi connectivity index (χ0v) is 18.5. The van der Waals surface area contributed by atoms with E-state index in [1.54, 1.807) is 60.8 Å². The first kappa shape index (κ1) is 22.3. The zero-order valence-electron chi connectivity index (χ0n) is 18.5. The lowest BCUT2D eigenvalue weighted by Gasteiger charge is -2.11. The molecule has 2 aromatic carbocycles. The molecule has 2 aromatic heterocycles. The van der Waals surface area contributed by atoms with Crippen LogP contribution in [0.1, 0.15) is 11.1 Å². The van der Waals surface area contributed by atoms with Crippen LogP contribution in [0, 0.1) is 18.3 Å². The maximum atomic E-state index is 13.3. The summed E-state index contributed by atoms with van der Waals surface area (Å²) >= 11 is 0. The Morgan fingerprint density at radius 1 is 1.09 bits per heavy atom. The van der Waals surface area contributed by atoms with Gasteiger partial charge in [-0.1, -0.05) is 35.9 Å². The van der Waals surface area contributed by atoms with Crippen LogP contribution >= 0.6 is 0 Å². The van der Waals surface area contributed by atoms with E-state index in [1.807, 2.05) is 25.1 Å². The number of aromatic nitrogens is 2. The van der Waals surface area contributed by atoms with Crippen molar-refractivity contribution in [3.05, 3.63) is 100.0 Å². The van der Waals surface area contributed by atoms with Gasteiger partial charge in [-0.25, -0.2) is 0 Å². The quantitative estimate of drug-likeness (QED) is 0.344. The van der Waals surface area contributed by atoms with Gasteiger partial charge in [0, 0.05) is 6.20 Å². The molecule has 0 saturated carbocycles. The highest BCUT2D eigenvalue weighted by Gasteiger charge is 2.18. The SMILES string of the molecule is COc1ccccc1NC(=O)/C(C#N)=C/c1c(Oc2ccc(C)cc2)nc2ccccn2c1=O. The minimum atomic E-state index is -0.703. The van der Waals surface area contributed by atoms with Gasteiger partial charge in [0.15, 0.2) is 0 Å². The van der Waals surface area contributed by atoms with Gasteiger partial charge in [0.1, 0.15) is 34.4 Å². The molecule has 0 spiro atoms. The second-order valence-electron chi connectivity index (χ2n) is 7.30. The van der Waals surface area contributed by atoms with E-state index < -0.39 is 11.5 Å². The van der Waals surface area contributed by atoms with Crippen LogP contribution in [-0.4, -0.2) is 22.4 Å². The molecule has 1 amide bonds. The Hall–Kier alpha value is -4.90. The van der Waals surface area contributed by atoms with Crippen LogP contribution in [0.15, 0.2) is 83.3 Å². The van der Waals surface area contributed by atoms with Crippen LogP contribution in [0.5, 0.6) is 17.4 Å². The number of para-hydroxylation sites is 2. The first-order chi connectivity index (χ1) is 16.5. The van der Waals surface area contributed by atoms with E-state index in [0.29, 0.717) is 22.8 Å². The van der Waals surface area contributed by atoms with Crippen LogP contribution in [0.2, 0.25) is 0 Å². The molecule has 0 bridgehead atoms. The van der Waals surface area contributed by atoms with E-state index in [2.05, 4.69) is 10.3 Å². The molecule has 0 fully saturated rings. The van der Waals surface area contributed by atoms with Crippen molar-refractivity contribution in [2.75, 3.05) is 12.4 Å². The number of nitrogens with zero attached hydrogens (tertiary/aromatic N) is 3. The van der Waals surface area contributed by atoms with Crippen molar-refractivity contribution in [1.29, 1.82) is 5.26 Å². The van der Waals surface area contributed by atoms with Gasteiger partial charge in [-0.3, -0.25) is 14.0 Å². The van der Waals surface area contributed by atoms with Gasteiger partial charge in [0.25, 0.3) is 11.5 Å². The number of hydrogen-bond donors (Lipinski definition) is 1. The number of carbonyl (C=O) groups excluding carboxylic acids is 1. The number of anilines is 1. The Labute approximate surface area is 195 Å². The van der Waals surface area contributed by atoms with Gasteiger partial charge in [-0.2, -0.15) is 10.2 Å². The summed E-state index contributed by atoms with van der Waals surface area (Å²) in [5, 5.41) is 12.3. The standard InChI is InChI=1S/C26H20N4O4/c1-17-10-12-19(13-11-17)34-25-20(26(32)30-14-6-5-9-23(30)29-25)15-18(16-27)24(31)28-21-7-3-4-8-22(21)33-2/h3-15H,1-2H3,(H,28,31)/b18-15+. The molecular weight excluding hydrogens is 432 g/mol. The second-order valence-corrected chi connectivity index (χ2v) is 7.30. The fourth-order valence-electron chi connectivity index (χ4n) is 3.23. The zero-order chi connectivity index (χ0) is 24.1. The third kappa shape index (κ3) is 4.64. The Balaban J connectivity index is 1.79. The van der Waals surface area contributed by atoms with E-state index in [4.69, 9.17) is 9.47 Å². The van der Waals surface area contributed by atoms with E-state index in [0.717, 1.165) is 5.56 Å². The summed E-state index contributed by atoms with van der Waals surface area (Å²) in [4.78, 5) is 30.6. The summed E-state index contributed by atoms with van der Waals surface area (Å²) in [7, 11) is 1.47. The number of ether oxygens (including phenoxy) is 2. The summed E-state index contributed by atoms with van der Waals surface area (Å²) < 4.78 is 12.5. The molecule has 0 saturated heterocycles. The average molecular weight is 452 g/mol. The maximum absolute atomic E-state index is 13.3. The maximum Gasteiger partial charge on any atom is 0.269 e. The molecule has 0 radical (unpaired) electrons. The van der Waals surface area contributed by atoms with Gasteiger partial charge >= 0.3 is 0 Å². The summed E-state index contributed by atoms with van der Waals surface area (Å²) in [5.74, 6) is 0.178. The molecule has 8 nitrogen and oxygen atoms in total. The minimum absolute atomic E-state index is 0.0158. The Morgan fingerprint density at radius 3 is 2.56 bits per heavy atom. The van der Waals surface area contributed by atoms with Crippen LogP contribution in [0.3, 0.4) is 0 Å². The van der Waals surface area contributed by atoms with Crippen molar-refractivity contribution in [3.8, 4) is 23.4 Å². The highest BCUT2D eigenvalue weighted by Crippen LogP contribution is 2.26. The number of rotatable bonds is 6. The number of nitriles is 1. The smallest absolute Gasteiger partial charge is 0.269 e. The molecule has 0 aliphatic rings. The predicted octanol–water partition coefficient (Wildman–Crippen LogP) is 4.35. The fraction of sp³-hybridized carbons (Fsp3) is 0.0769. The number of methoxy groups -OCH3 is 1. The monoisotopic (exact) mass is 452 g/mol. The van der Waals surface area contributed by atoms with Crippen molar-refractivity contribution in [3.63, 3.8) is 0 Å². The van der Waals surface area contributed by atoms with Crippen molar-refractivity contribution in [2.45, 2.75) is 6.92 Å². The number of benzene rings is 2. The van der Waals surface area contributed by atoms with Gasteiger partial charge in [-0.05, 0) is 49.4 Å². The fourth-order valence-corrected chi connectivity index (χ4v) is 3.23. The molecule has 34 heavy (non-hydrogen) atoms. The van der Waals surface area contributed by atoms with Crippen LogP contribution in [-0.2, 0) is 4.79 Å². The second kappa shape index (κ2) is 9.71. The first-order valence-electron chi connectivity index (χ1n) is 10.3. The Morgan fingerprint density at radius 2 is 1.82 bits per heavy atom. The van der Waals surface area contributed by atoms with E-state index >= 15 is 0 Å². The van der Waals surface area contributed by atoms with E-state index in [9.17, 15) is 14.9 Å². The molecule has 0 aliphatic heterocycles. The topological polar surface area (TPSA) is 106 Å². The third-order valence-corrected chi connectivity index (χ3v) is 4.98. The summed E-state index contributed by atoms with van der Waals surface area (Å²) in [6, 6.07) is 21.0. The van der Waals surface area contributed by atoms with Crippen LogP contribution in [0.25, 0.3) is 11.7 Å². The van der Waals surface area contributed by atoms with Gasteiger partial charge in [0.2, 0.25) is 5.88 Å². The molecule has 0 aliphatic carbocycles. The minimum Gasteiger partial charge on any atom is -0.495 e. The highest BCUT2D eigenvalue weighted by atomic mass is 16.5. The lowest BCUT2D eigenvalue weighted by molar-refractivity contribution is -0.112. The number of nitrogens with one attached hydrogen (secondary N) is 1. The summed E-state index contributed by atoms with van der Waals surface area (Å²) in [6.45, 7) is 1.94. The lowest BCUT2D eigenvalue weighted by atomic mass is 10.1. The average Bonchev–Trinajstić information content (AvgIpc) is 2.85. The summed E-state index contributed by atoms with van der Waals surface area (Å²) in [5.41, 5.74) is 0.985. The molecule has 8 heteroatoms. The molecule has 1 N–H and O–H groups in total. The molecule has 4 rings (SSSR count). The molecular formula is C26H20N4O4. The van der Waals surface area contributed by atoms with Gasteiger partial charge in [0.05, 0.1) is 12.8 Å². The number of amides is 1.